The van der Waals surface area contributed by atoms with Crippen molar-refractivity contribution < 1.29 is 9.90 Å². The van der Waals surface area contributed by atoms with Gasteiger partial charge >= 0.3 is 0 Å². The molecule has 1 aromatic heterocycles. The maximum atomic E-state index is 11.7. The largest absolute Gasteiger partial charge is 0.505 e. The third-order valence-electron chi connectivity index (χ3n) is 2.45. The van der Waals surface area contributed by atoms with Gasteiger partial charge in [0, 0.05) is 11.1 Å². The van der Waals surface area contributed by atoms with Crippen LogP contribution in [0.25, 0.3) is 5.69 Å². The zero-order valence-corrected chi connectivity index (χ0v) is 10.2. The minimum Gasteiger partial charge on any atom is -0.505 e. The summed E-state index contributed by atoms with van der Waals surface area (Å²) in [5.74, 6) is -0.440. The van der Waals surface area contributed by atoms with Crippen LogP contribution in [-0.4, -0.2) is 21.2 Å². The van der Waals surface area contributed by atoms with Gasteiger partial charge in [-0.2, -0.15) is 9.78 Å². The van der Waals surface area contributed by atoms with Crippen molar-refractivity contribution in [3.05, 3.63) is 50.9 Å². The molecule has 1 N–H and O–H groups in total. The number of aromatic hydroxyl groups is 1. The molecule has 0 saturated heterocycles. The Hall–Kier alpha value is -2.14. The van der Waals surface area contributed by atoms with Gasteiger partial charge in [-0.3, -0.25) is 9.59 Å². The van der Waals surface area contributed by atoms with Crippen LogP contribution in [0.3, 0.4) is 0 Å². The average Bonchev–Trinajstić information content (AvgIpc) is 2.33. The second-order valence-corrected chi connectivity index (χ2v) is 4.12. The summed E-state index contributed by atoms with van der Waals surface area (Å²) in [5.41, 5.74) is 0.547. The van der Waals surface area contributed by atoms with Gasteiger partial charge < -0.3 is 5.11 Å². The molecule has 0 aliphatic carbocycles. The van der Waals surface area contributed by atoms with Crippen molar-refractivity contribution in [1.29, 1.82) is 0 Å². The standard InChI is InChI=1S/C12H9ClN2O3/c1-7-2-3-8(4-9(7)13)15-12(18)5-11(17)10(6-16)14-15/h2-6,17H,1H3. The maximum Gasteiger partial charge on any atom is 0.275 e. The van der Waals surface area contributed by atoms with Crippen molar-refractivity contribution >= 4 is 17.9 Å². The molecule has 0 bridgehead atoms. The molecule has 1 heterocycles. The molecule has 0 spiro atoms. The summed E-state index contributed by atoms with van der Waals surface area (Å²) in [6.45, 7) is 1.83. The Bertz CT molecular complexity index is 680. The van der Waals surface area contributed by atoms with E-state index in [1.165, 1.54) is 0 Å². The van der Waals surface area contributed by atoms with Gasteiger partial charge in [-0.15, -0.1) is 0 Å². The Morgan fingerprint density at radius 2 is 2.11 bits per heavy atom. The van der Waals surface area contributed by atoms with Crippen LogP contribution in [0.2, 0.25) is 5.02 Å². The first-order valence-corrected chi connectivity index (χ1v) is 5.46. The summed E-state index contributed by atoms with van der Waals surface area (Å²) in [7, 11) is 0. The Labute approximate surface area is 107 Å². The van der Waals surface area contributed by atoms with Gasteiger partial charge in [0.1, 0.15) is 0 Å². The lowest BCUT2D eigenvalue weighted by molar-refractivity contribution is 0.111. The van der Waals surface area contributed by atoms with Gasteiger partial charge in [0.05, 0.1) is 5.69 Å². The van der Waals surface area contributed by atoms with E-state index in [0.29, 0.717) is 17.0 Å². The van der Waals surface area contributed by atoms with E-state index in [0.717, 1.165) is 16.3 Å². The molecular formula is C12H9ClN2O3. The maximum absolute atomic E-state index is 11.7. The van der Waals surface area contributed by atoms with Gasteiger partial charge in [0.25, 0.3) is 5.56 Å². The highest BCUT2D eigenvalue weighted by molar-refractivity contribution is 6.31. The normalized spacial score (nSPS) is 10.3. The summed E-state index contributed by atoms with van der Waals surface area (Å²) < 4.78 is 1.01. The molecule has 0 aliphatic rings. The van der Waals surface area contributed by atoms with Crippen LogP contribution in [0.15, 0.2) is 29.1 Å². The molecule has 0 unspecified atom stereocenters. The summed E-state index contributed by atoms with van der Waals surface area (Å²) in [6, 6.07) is 5.89. The number of benzene rings is 1. The van der Waals surface area contributed by atoms with Crippen molar-refractivity contribution in [3.8, 4) is 11.4 Å². The quantitative estimate of drug-likeness (QED) is 0.838. The topological polar surface area (TPSA) is 72.2 Å². The Morgan fingerprint density at radius 1 is 1.39 bits per heavy atom. The van der Waals surface area contributed by atoms with E-state index in [-0.39, 0.29) is 5.69 Å². The first-order valence-electron chi connectivity index (χ1n) is 5.08. The number of hydrogen-bond donors (Lipinski definition) is 1. The van der Waals surface area contributed by atoms with E-state index in [9.17, 15) is 14.7 Å². The number of halogens is 1. The van der Waals surface area contributed by atoms with Gasteiger partial charge in [-0.1, -0.05) is 17.7 Å². The lowest BCUT2D eigenvalue weighted by atomic mass is 10.2. The van der Waals surface area contributed by atoms with Crippen LogP contribution in [0.4, 0.5) is 0 Å². The SMILES string of the molecule is Cc1ccc(-n2nc(C=O)c(O)cc2=O)cc1Cl. The molecule has 2 rings (SSSR count). The fourth-order valence-electron chi connectivity index (χ4n) is 1.44. The predicted molar refractivity (Wildman–Crippen MR) is 66.6 cm³/mol. The molecule has 92 valence electrons. The molecule has 0 saturated carbocycles. The van der Waals surface area contributed by atoms with Crippen molar-refractivity contribution in [2.24, 2.45) is 0 Å². The monoisotopic (exact) mass is 264 g/mol. The Kier molecular flexibility index (Phi) is 3.16. The van der Waals surface area contributed by atoms with Gasteiger partial charge in [-0.05, 0) is 24.6 Å². The highest BCUT2D eigenvalue weighted by Crippen LogP contribution is 2.18. The molecular weight excluding hydrogens is 256 g/mol. The van der Waals surface area contributed by atoms with Crippen LogP contribution in [0.5, 0.6) is 5.75 Å². The lowest BCUT2D eigenvalue weighted by Gasteiger charge is -2.07. The van der Waals surface area contributed by atoms with Crippen molar-refractivity contribution in [2.45, 2.75) is 6.92 Å². The Balaban J connectivity index is 2.67. The molecule has 18 heavy (non-hydrogen) atoms. The summed E-state index contributed by atoms with van der Waals surface area (Å²) >= 11 is 5.96. The second kappa shape index (κ2) is 4.62. The van der Waals surface area contributed by atoms with Crippen LogP contribution in [-0.2, 0) is 0 Å². The molecule has 1 aromatic carbocycles. The predicted octanol–water partition coefficient (Wildman–Crippen LogP) is 1.71. The van der Waals surface area contributed by atoms with Crippen LogP contribution >= 0.6 is 11.6 Å². The van der Waals surface area contributed by atoms with E-state index in [1.807, 2.05) is 6.92 Å². The number of nitrogens with zero attached hydrogens (tertiary/aromatic N) is 2. The third kappa shape index (κ3) is 2.12. The Morgan fingerprint density at radius 3 is 2.72 bits per heavy atom. The number of aromatic nitrogens is 2. The third-order valence-corrected chi connectivity index (χ3v) is 2.86. The molecule has 6 heteroatoms. The highest BCUT2D eigenvalue weighted by atomic mass is 35.5. The van der Waals surface area contributed by atoms with E-state index < -0.39 is 11.3 Å². The fourth-order valence-corrected chi connectivity index (χ4v) is 1.62. The van der Waals surface area contributed by atoms with Crippen molar-refractivity contribution in [1.82, 2.24) is 9.78 Å². The summed E-state index contributed by atoms with van der Waals surface area (Å²) in [5, 5.41) is 13.6. The van der Waals surface area contributed by atoms with E-state index in [1.54, 1.807) is 18.2 Å². The number of hydrogen-bond acceptors (Lipinski definition) is 4. The fraction of sp³-hybridized carbons (Fsp3) is 0.0833. The number of carbonyl (C=O) groups is 1. The average molecular weight is 265 g/mol. The molecule has 0 fully saturated rings. The molecule has 2 aromatic rings. The van der Waals surface area contributed by atoms with Gasteiger partial charge in [-0.25, -0.2) is 0 Å². The summed E-state index contributed by atoms with van der Waals surface area (Å²) in [4.78, 5) is 22.4. The number of rotatable bonds is 2. The number of aryl methyl sites for hydroxylation is 1. The van der Waals surface area contributed by atoms with E-state index in [4.69, 9.17) is 11.6 Å². The molecule has 0 aliphatic heterocycles. The van der Waals surface area contributed by atoms with Crippen molar-refractivity contribution in [2.75, 3.05) is 0 Å². The number of carbonyl (C=O) groups excluding carboxylic acids is 1. The zero-order chi connectivity index (χ0) is 13.3. The lowest BCUT2D eigenvalue weighted by Crippen LogP contribution is -2.21. The number of aldehydes is 1. The molecule has 0 atom stereocenters. The van der Waals surface area contributed by atoms with Crippen molar-refractivity contribution in [3.63, 3.8) is 0 Å². The minimum atomic E-state index is -0.544. The zero-order valence-electron chi connectivity index (χ0n) is 9.42. The highest BCUT2D eigenvalue weighted by Gasteiger charge is 2.09. The van der Waals surface area contributed by atoms with Crippen LogP contribution in [0.1, 0.15) is 16.1 Å². The molecule has 0 radical (unpaired) electrons. The van der Waals surface area contributed by atoms with Crippen LogP contribution in [0, 0.1) is 6.92 Å². The van der Waals surface area contributed by atoms with Gasteiger partial charge in [0.15, 0.2) is 17.7 Å². The van der Waals surface area contributed by atoms with Crippen LogP contribution < -0.4 is 5.56 Å². The smallest absolute Gasteiger partial charge is 0.275 e. The van der Waals surface area contributed by atoms with E-state index in [2.05, 4.69) is 5.10 Å². The summed E-state index contributed by atoms with van der Waals surface area (Å²) in [6.07, 6.45) is 0.376. The molecule has 0 amide bonds. The first kappa shape index (κ1) is 12.3. The second-order valence-electron chi connectivity index (χ2n) is 3.72. The first-order chi connectivity index (χ1) is 8.52. The minimum absolute atomic E-state index is 0.203. The molecule has 5 nitrogen and oxygen atoms in total. The van der Waals surface area contributed by atoms with Gasteiger partial charge in [0.2, 0.25) is 0 Å². The van der Waals surface area contributed by atoms with E-state index >= 15 is 0 Å².